The highest BCUT2D eigenvalue weighted by Crippen LogP contribution is 2.33. The second-order valence-electron chi connectivity index (χ2n) is 2.26. The lowest BCUT2D eigenvalue weighted by molar-refractivity contribution is 0.417. The maximum absolute atomic E-state index is 5.11. The Bertz CT molecular complexity index is 274. The number of rotatable bonds is 1. The van der Waals surface area contributed by atoms with Gasteiger partial charge in [0.05, 0.1) is 12.8 Å². The number of methoxy groups -OCH3 is 1. The van der Waals surface area contributed by atoms with E-state index in [4.69, 9.17) is 4.74 Å². The fraction of sp³-hybridized carbons (Fsp3) is 0.143. The van der Waals surface area contributed by atoms with Crippen molar-refractivity contribution in [2.75, 3.05) is 18.0 Å². The number of nitrogens with one attached hydrogen (secondary N) is 3. The number of ether oxygens (including phenoxy) is 1. The van der Waals surface area contributed by atoms with Crippen LogP contribution in [0.3, 0.4) is 0 Å². The van der Waals surface area contributed by atoms with Gasteiger partial charge in [-0.25, -0.2) is 0 Å². The van der Waals surface area contributed by atoms with E-state index in [1.54, 1.807) is 7.11 Å². The van der Waals surface area contributed by atoms with Gasteiger partial charge in [0.1, 0.15) is 11.4 Å². The van der Waals surface area contributed by atoms with E-state index in [0.29, 0.717) is 0 Å². The molecule has 1 aromatic rings. The van der Waals surface area contributed by atoms with Gasteiger partial charge in [-0.1, -0.05) is 6.07 Å². The maximum atomic E-state index is 5.11. The summed E-state index contributed by atoms with van der Waals surface area (Å²) in [4.78, 5) is 0. The Labute approximate surface area is 64.5 Å². The first-order chi connectivity index (χ1) is 5.42. The minimum atomic E-state index is 0.833. The molecule has 11 heavy (non-hydrogen) atoms. The van der Waals surface area contributed by atoms with Gasteiger partial charge in [-0.3, -0.25) is 5.43 Å². The van der Waals surface area contributed by atoms with Gasteiger partial charge in [-0.2, -0.15) is 0 Å². The molecule has 4 heteroatoms. The molecule has 0 bridgehead atoms. The van der Waals surface area contributed by atoms with Crippen molar-refractivity contribution in [1.82, 2.24) is 5.53 Å². The lowest BCUT2D eigenvalue weighted by atomic mass is 10.2. The van der Waals surface area contributed by atoms with Crippen LogP contribution in [-0.4, -0.2) is 7.11 Å². The zero-order chi connectivity index (χ0) is 7.68. The third-order valence-corrected chi connectivity index (χ3v) is 1.63. The smallest absolute Gasteiger partial charge is 0.145 e. The lowest BCUT2D eigenvalue weighted by Crippen LogP contribution is -2.19. The van der Waals surface area contributed by atoms with Crippen LogP contribution in [0.15, 0.2) is 18.2 Å². The summed E-state index contributed by atoms with van der Waals surface area (Å²) in [7, 11) is 1.65. The van der Waals surface area contributed by atoms with Crippen LogP contribution >= 0.6 is 0 Å². The van der Waals surface area contributed by atoms with Crippen LogP contribution in [0.2, 0.25) is 0 Å². The Balaban J connectivity index is 2.50. The topological polar surface area (TPSA) is 45.3 Å². The maximum Gasteiger partial charge on any atom is 0.145 e. The van der Waals surface area contributed by atoms with E-state index in [2.05, 4.69) is 16.4 Å². The van der Waals surface area contributed by atoms with Gasteiger partial charge in [0.15, 0.2) is 0 Å². The lowest BCUT2D eigenvalue weighted by Gasteiger charge is -2.03. The van der Waals surface area contributed by atoms with Crippen molar-refractivity contribution in [2.45, 2.75) is 0 Å². The molecule has 0 saturated carbocycles. The number of para-hydroxylation sites is 1. The molecule has 3 N–H and O–H groups in total. The molecule has 0 radical (unpaired) electrons. The summed E-state index contributed by atoms with van der Waals surface area (Å²) in [6.45, 7) is 0. The first kappa shape index (κ1) is 6.30. The Morgan fingerprint density at radius 2 is 2.18 bits per heavy atom. The molecule has 0 aliphatic carbocycles. The Morgan fingerprint density at radius 3 is 3.00 bits per heavy atom. The molecule has 1 heterocycles. The average Bonchev–Trinajstić information content (AvgIpc) is 2.50. The quantitative estimate of drug-likeness (QED) is 0.559. The fourth-order valence-corrected chi connectivity index (χ4v) is 1.10. The van der Waals surface area contributed by atoms with Crippen LogP contribution < -0.4 is 21.1 Å². The number of hydrogen-bond donors (Lipinski definition) is 3. The molecule has 0 fully saturated rings. The standard InChI is InChI=1S/C7H9N3O/c1-11-6-4-2-3-5-7(6)9-10-8-5/h2-4,8-10H,1H3. The Hall–Kier alpha value is -1.42. The molecule has 0 amide bonds. The molecule has 0 saturated heterocycles. The van der Waals surface area contributed by atoms with E-state index < -0.39 is 0 Å². The van der Waals surface area contributed by atoms with Crippen LogP contribution in [0.1, 0.15) is 0 Å². The predicted octanol–water partition coefficient (Wildman–Crippen LogP) is 0.952. The van der Waals surface area contributed by atoms with Gasteiger partial charge in [-0.15, -0.1) is 5.53 Å². The summed E-state index contributed by atoms with van der Waals surface area (Å²) in [6, 6.07) is 5.80. The molecule has 58 valence electrons. The van der Waals surface area contributed by atoms with Crippen molar-refractivity contribution < 1.29 is 4.74 Å². The Morgan fingerprint density at radius 1 is 1.27 bits per heavy atom. The molecule has 2 rings (SSSR count). The summed E-state index contributed by atoms with van der Waals surface area (Å²) >= 11 is 0. The van der Waals surface area contributed by atoms with Crippen LogP contribution in [0.4, 0.5) is 11.4 Å². The van der Waals surface area contributed by atoms with Gasteiger partial charge in [-0.05, 0) is 12.1 Å². The zero-order valence-electron chi connectivity index (χ0n) is 6.14. The molecule has 0 spiro atoms. The van der Waals surface area contributed by atoms with Crippen LogP contribution in [0.5, 0.6) is 5.75 Å². The number of hydrazine groups is 2. The summed E-state index contributed by atoms with van der Waals surface area (Å²) in [6.07, 6.45) is 0. The largest absolute Gasteiger partial charge is 0.494 e. The SMILES string of the molecule is COc1cccc2c1NNN2. The molecule has 1 aliphatic heterocycles. The van der Waals surface area contributed by atoms with E-state index in [-0.39, 0.29) is 0 Å². The molecule has 1 aromatic carbocycles. The molecule has 1 aliphatic rings. The summed E-state index contributed by atoms with van der Waals surface area (Å²) in [5.41, 5.74) is 10.6. The zero-order valence-corrected chi connectivity index (χ0v) is 6.14. The minimum absolute atomic E-state index is 0.833. The first-order valence-electron chi connectivity index (χ1n) is 3.36. The van der Waals surface area contributed by atoms with Crippen LogP contribution in [0.25, 0.3) is 0 Å². The second-order valence-corrected chi connectivity index (χ2v) is 2.26. The van der Waals surface area contributed by atoms with E-state index in [9.17, 15) is 0 Å². The highest BCUT2D eigenvalue weighted by atomic mass is 16.5. The van der Waals surface area contributed by atoms with E-state index in [1.807, 2.05) is 18.2 Å². The van der Waals surface area contributed by atoms with Crippen molar-refractivity contribution in [3.8, 4) is 5.75 Å². The van der Waals surface area contributed by atoms with E-state index in [0.717, 1.165) is 17.1 Å². The molecular formula is C7H9N3O. The summed E-state index contributed by atoms with van der Waals surface area (Å²) < 4.78 is 5.11. The van der Waals surface area contributed by atoms with Gasteiger partial charge < -0.3 is 10.2 Å². The van der Waals surface area contributed by atoms with E-state index in [1.165, 1.54) is 0 Å². The van der Waals surface area contributed by atoms with Gasteiger partial charge in [0.25, 0.3) is 0 Å². The number of benzene rings is 1. The van der Waals surface area contributed by atoms with Crippen LogP contribution in [0, 0.1) is 0 Å². The molecule has 0 aromatic heterocycles. The highest BCUT2D eigenvalue weighted by molar-refractivity contribution is 5.77. The van der Waals surface area contributed by atoms with Gasteiger partial charge in [0, 0.05) is 0 Å². The summed E-state index contributed by atoms with van der Waals surface area (Å²) in [5.74, 6) is 0.833. The third kappa shape index (κ3) is 0.877. The monoisotopic (exact) mass is 151 g/mol. The van der Waals surface area contributed by atoms with Gasteiger partial charge in [0.2, 0.25) is 0 Å². The van der Waals surface area contributed by atoms with Gasteiger partial charge >= 0.3 is 0 Å². The third-order valence-electron chi connectivity index (χ3n) is 1.63. The number of anilines is 2. The molecule has 4 nitrogen and oxygen atoms in total. The molecular weight excluding hydrogens is 142 g/mol. The van der Waals surface area contributed by atoms with Crippen molar-refractivity contribution in [2.24, 2.45) is 0 Å². The normalized spacial score (nSPS) is 13.2. The average molecular weight is 151 g/mol. The molecule has 0 atom stereocenters. The summed E-state index contributed by atoms with van der Waals surface area (Å²) in [5, 5.41) is 0. The number of fused-ring (bicyclic) bond motifs is 1. The van der Waals surface area contributed by atoms with Crippen LogP contribution in [-0.2, 0) is 0 Å². The van der Waals surface area contributed by atoms with Crippen molar-refractivity contribution in [3.05, 3.63) is 18.2 Å². The first-order valence-corrected chi connectivity index (χ1v) is 3.36. The van der Waals surface area contributed by atoms with Crippen molar-refractivity contribution in [3.63, 3.8) is 0 Å². The second kappa shape index (κ2) is 2.32. The van der Waals surface area contributed by atoms with Crippen molar-refractivity contribution in [1.29, 1.82) is 0 Å². The molecule has 0 unspecified atom stereocenters. The van der Waals surface area contributed by atoms with Crippen molar-refractivity contribution >= 4 is 11.4 Å². The number of hydrogen-bond acceptors (Lipinski definition) is 4. The van der Waals surface area contributed by atoms with E-state index >= 15 is 0 Å². The minimum Gasteiger partial charge on any atom is -0.494 e. The predicted molar refractivity (Wildman–Crippen MR) is 43.4 cm³/mol. The highest BCUT2D eigenvalue weighted by Gasteiger charge is 2.12. The Kier molecular flexibility index (Phi) is 1.33. The fourth-order valence-electron chi connectivity index (χ4n) is 1.10.